The predicted octanol–water partition coefficient (Wildman–Crippen LogP) is 3.11. The van der Waals surface area contributed by atoms with E-state index in [2.05, 4.69) is 10.2 Å². The first kappa shape index (κ1) is 16.3. The first-order chi connectivity index (χ1) is 11.6. The largest absolute Gasteiger partial charge is 0.493 e. The third-order valence-corrected chi connectivity index (χ3v) is 4.08. The van der Waals surface area contributed by atoms with E-state index in [0.717, 1.165) is 0 Å². The summed E-state index contributed by atoms with van der Waals surface area (Å²) in [4.78, 5) is 0. The van der Waals surface area contributed by atoms with Crippen molar-refractivity contribution in [1.29, 1.82) is 0 Å². The zero-order valence-corrected chi connectivity index (χ0v) is 13.3. The van der Waals surface area contributed by atoms with E-state index in [9.17, 15) is 8.78 Å². The predicted molar refractivity (Wildman–Crippen MR) is 88.2 cm³/mol. The molecule has 0 unspecified atom stereocenters. The fourth-order valence-corrected chi connectivity index (χ4v) is 2.70. The summed E-state index contributed by atoms with van der Waals surface area (Å²) in [5.41, 5.74) is 0.293. The monoisotopic (exact) mass is 348 g/mol. The van der Waals surface area contributed by atoms with E-state index in [1.54, 1.807) is 30.3 Å². The molecule has 3 aromatic rings. The van der Waals surface area contributed by atoms with Gasteiger partial charge in [0.25, 0.3) is 0 Å². The van der Waals surface area contributed by atoms with E-state index in [4.69, 9.17) is 10.6 Å². The van der Waals surface area contributed by atoms with Crippen LogP contribution in [0.15, 0.2) is 53.7 Å². The van der Waals surface area contributed by atoms with E-state index >= 15 is 0 Å². The van der Waals surface area contributed by atoms with Gasteiger partial charge < -0.3 is 10.6 Å². The Hall–Kier alpha value is -2.61. The van der Waals surface area contributed by atoms with E-state index in [1.165, 1.54) is 34.6 Å². The lowest BCUT2D eigenvalue weighted by Gasteiger charge is -2.06. The van der Waals surface area contributed by atoms with Gasteiger partial charge in [-0.25, -0.2) is 13.5 Å². The van der Waals surface area contributed by atoms with Gasteiger partial charge in [0.2, 0.25) is 5.16 Å². The lowest BCUT2D eigenvalue weighted by atomic mass is 10.2. The summed E-state index contributed by atoms with van der Waals surface area (Å²) in [6, 6.07) is 12.0. The Morgan fingerprint density at radius 2 is 1.79 bits per heavy atom. The molecule has 0 bridgehead atoms. The number of hydrogen-bond donors (Lipinski definition) is 1. The molecule has 0 radical (unpaired) electrons. The molecular formula is C16H14F2N4OS. The summed E-state index contributed by atoms with van der Waals surface area (Å²) in [5, 5.41) is 8.36. The lowest BCUT2D eigenvalue weighted by molar-refractivity contribution is 0.343. The maximum absolute atomic E-state index is 13.8. The average molecular weight is 348 g/mol. The first-order valence-corrected chi connectivity index (χ1v) is 8.10. The van der Waals surface area contributed by atoms with Crippen molar-refractivity contribution in [2.75, 3.05) is 18.2 Å². The van der Waals surface area contributed by atoms with Crippen LogP contribution in [0.25, 0.3) is 11.4 Å². The van der Waals surface area contributed by atoms with Crippen molar-refractivity contribution >= 4 is 11.8 Å². The molecule has 0 aliphatic heterocycles. The molecule has 0 saturated carbocycles. The zero-order valence-electron chi connectivity index (χ0n) is 12.5. The van der Waals surface area contributed by atoms with Crippen LogP contribution in [-0.4, -0.2) is 27.2 Å². The smallest absolute Gasteiger partial charge is 0.210 e. The first-order valence-electron chi connectivity index (χ1n) is 7.11. The topological polar surface area (TPSA) is 66.0 Å². The summed E-state index contributed by atoms with van der Waals surface area (Å²) in [6.45, 7) is 0.387. The standard InChI is InChI=1S/C16H14F2N4OS/c17-11-5-7-12(8-6-11)23-9-10-24-16-21-20-15(22(16)19)13-3-1-2-4-14(13)18/h1-8H,9-10,19H2. The number of thioether (sulfide) groups is 1. The van der Waals surface area contributed by atoms with Crippen LogP contribution < -0.4 is 10.6 Å². The van der Waals surface area contributed by atoms with Crippen molar-refractivity contribution in [3.63, 3.8) is 0 Å². The molecule has 0 saturated heterocycles. The molecule has 2 aromatic carbocycles. The molecule has 8 heteroatoms. The molecule has 1 aromatic heterocycles. The summed E-state index contributed by atoms with van der Waals surface area (Å²) in [6.07, 6.45) is 0. The fraction of sp³-hybridized carbons (Fsp3) is 0.125. The molecule has 2 N–H and O–H groups in total. The Balaban J connectivity index is 1.59. The Morgan fingerprint density at radius 3 is 2.54 bits per heavy atom. The van der Waals surface area contributed by atoms with Crippen LogP contribution in [-0.2, 0) is 0 Å². The van der Waals surface area contributed by atoms with Crippen molar-refractivity contribution in [1.82, 2.24) is 14.9 Å². The van der Waals surface area contributed by atoms with Crippen molar-refractivity contribution in [2.45, 2.75) is 5.16 Å². The summed E-state index contributed by atoms with van der Waals surface area (Å²) >= 11 is 1.33. The number of nitrogen functional groups attached to an aromatic ring is 1. The molecule has 0 aliphatic carbocycles. The van der Waals surface area contributed by atoms with Gasteiger partial charge in [-0.15, -0.1) is 10.2 Å². The molecule has 0 fully saturated rings. The highest BCUT2D eigenvalue weighted by molar-refractivity contribution is 7.99. The Bertz CT molecular complexity index is 823. The van der Waals surface area contributed by atoms with Crippen LogP contribution in [0.3, 0.4) is 0 Å². The number of hydrogen-bond acceptors (Lipinski definition) is 5. The Labute approximate surface area is 141 Å². The minimum Gasteiger partial charge on any atom is -0.493 e. The van der Waals surface area contributed by atoms with E-state index in [1.807, 2.05) is 0 Å². The number of nitrogens with two attached hydrogens (primary N) is 1. The van der Waals surface area contributed by atoms with Crippen molar-refractivity contribution in [3.8, 4) is 17.1 Å². The lowest BCUT2D eigenvalue weighted by Crippen LogP contribution is -2.12. The van der Waals surface area contributed by atoms with Gasteiger partial charge >= 0.3 is 0 Å². The van der Waals surface area contributed by atoms with Gasteiger partial charge in [-0.3, -0.25) is 0 Å². The molecule has 24 heavy (non-hydrogen) atoms. The second-order valence-corrected chi connectivity index (χ2v) is 5.87. The van der Waals surface area contributed by atoms with Crippen LogP contribution in [0.4, 0.5) is 8.78 Å². The third kappa shape index (κ3) is 3.65. The Kier molecular flexibility index (Phi) is 4.95. The molecule has 124 valence electrons. The van der Waals surface area contributed by atoms with Gasteiger partial charge in [0.15, 0.2) is 5.82 Å². The van der Waals surface area contributed by atoms with Gasteiger partial charge in [0.1, 0.15) is 17.4 Å². The minimum atomic E-state index is -0.409. The van der Waals surface area contributed by atoms with Crippen LogP contribution in [0.2, 0.25) is 0 Å². The minimum absolute atomic E-state index is 0.259. The number of rotatable bonds is 6. The van der Waals surface area contributed by atoms with Gasteiger partial charge in [0.05, 0.1) is 12.2 Å². The quantitative estimate of drug-likeness (QED) is 0.421. The summed E-state index contributed by atoms with van der Waals surface area (Å²) in [7, 11) is 0. The van der Waals surface area contributed by atoms with Crippen LogP contribution in [0, 0.1) is 11.6 Å². The van der Waals surface area contributed by atoms with Crippen LogP contribution in [0.5, 0.6) is 5.75 Å². The van der Waals surface area contributed by atoms with Crippen LogP contribution in [0.1, 0.15) is 0 Å². The highest BCUT2D eigenvalue weighted by Crippen LogP contribution is 2.23. The van der Waals surface area contributed by atoms with Gasteiger partial charge in [-0.1, -0.05) is 23.9 Å². The molecule has 3 rings (SSSR count). The number of benzene rings is 2. The number of aromatic nitrogens is 3. The van der Waals surface area contributed by atoms with Crippen molar-refractivity contribution < 1.29 is 13.5 Å². The average Bonchev–Trinajstić information content (AvgIpc) is 2.94. The Morgan fingerprint density at radius 1 is 1.04 bits per heavy atom. The molecule has 0 amide bonds. The summed E-state index contributed by atoms with van der Waals surface area (Å²) < 4.78 is 33.3. The molecule has 0 spiro atoms. The molecule has 5 nitrogen and oxygen atoms in total. The molecular weight excluding hydrogens is 334 g/mol. The zero-order chi connectivity index (χ0) is 16.9. The molecule has 0 atom stereocenters. The maximum atomic E-state index is 13.8. The number of nitrogens with zero attached hydrogens (tertiary/aromatic N) is 3. The second-order valence-electron chi connectivity index (χ2n) is 4.81. The number of ether oxygens (including phenoxy) is 1. The fourth-order valence-electron chi connectivity index (χ4n) is 2.02. The van der Waals surface area contributed by atoms with Crippen molar-refractivity contribution in [3.05, 3.63) is 60.2 Å². The highest BCUT2D eigenvalue weighted by atomic mass is 32.2. The molecule has 0 aliphatic rings. The maximum Gasteiger partial charge on any atom is 0.210 e. The van der Waals surface area contributed by atoms with E-state index in [0.29, 0.717) is 28.8 Å². The SMILES string of the molecule is Nn1c(SCCOc2ccc(F)cc2)nnc1-c1ccccc1F. The number of halogens is 2. The van der Waals surface area contributed by atoms with Gasteiger partial charge in [-0.2, -0.15) is 0 Å². The molecule has 1 heterocycles. The second kappa shape index (κ2) is 7.31. The van der Waals surface area contributed by atoms with E-state index in [-0.39, 0.29) is 11.6 Å². The van der Waals surface area contributed by atoms with Gasteiger partial charge in [-0.05, 0) is 36.4 Å². The van der Waals surface area contributed by atoms with Gasteiger partial charge in [0, 0.05) is 5.75 Å². The van der Waals surface area contributed by atoms with Crippen molar-refractivity contribution in [2.24, 2.45) is 0 Å². The highest BCUT2D eigenvalue weighted by Gasteiger charge is 2.15. The van der Waals surface area contributed by atoms with E-state index < -0.39 is 5.82 Å². The normalized spacial score (nSPS) is 10.8. The summed E-state index contributed by atoms with van der Waals surface area (Å²) in [5.74, 6) is 6.62. The third-order valence-electron chi connectivity index (χ3n) is 3.18. The van der Waals surface area contributed by atoms with Crippen LogP contribution >= 0.6 is 11.8 Å².